The van der Waals surface area contributed by atoms with E-state index in [9.17, 15) is 9.90 Å². The van der Waals surface area contributed by atoms with Gasteiger partial charge in [0, 0.05) is 19.7 Å². The Morgan fingerprint density at radius 2 is 2.15 bits per heavy atom. The molecule has 20 heavy (non-hydrogen) atoms. The second-order valence-electron chi connectivity index (χ2n) is 6.93. The zero-order valence-electron chi connectivity index (χ0n) is 13.7. The number of carboxylic acid groups (broad SMARTS) is 1. The molecule has 1 fully saturated rings. The van der Waals surface area contributed by atoms with Crippen molar-refractivity contribution in [2.75, 3.05) is 20.2 Å². The molecule has 0 radical (unpaired) electrons. The molecule has 2 unspecified atom stereocenters. The van der Waals surface area contributed by atoms with Gasteiger partial charge in [-0.1, -0.05) is 13.3 Å². The van der Waals surface area contributed by atoms with E-state index in [1.807, 2.05) is 0 Å². The Kier molecular flexibility index (Phi) is 6.02. The fourth-order valence-electron chi connectivity index (χ4n) is 3.43. The van der Waals surface area contributed by atoms with Crippen LogP contribution in [0.4, 0.5) is 0 Å². The van der Waals surface area contributed by atoms with Gasteiger partial charge in [-0.05, 0) is 53.0 Å². The molecule has 0 aromatic heterocycles. The smallest absolute Gasteiger partial charge is 0.310 e. The first-order valence-corrected chi connectivity index (χ1v) is 7.79. The highest BCUT2D eigenvalue weighted by Gasteiger charge is 2.42. The monoisotopic (exact) mass is 285 g/mol. The van der Waals surface area contributed by atoms with Crippen LogP contribution in [-0.2, 0) is 9.53 Å². The van der Waals surface area contributed by atoms with E-state index in [4.69, 9.17) is 4.74 Å². The van der Waals surface area contributed by atoms with Crippen LogP contribution in [0.15, 0.2) is 0 Å². The molecule has 1 saturated heterocycles. The molecule has 4 nitrogen and oxygen atoms in total. The number of methoxy groups -OCH3 is 1. The van der Waals surface area contributed by atoms with E-state index in [1.54, 1.807) is 7.11 Å². The molecular formula is C16H31NO3. The second-order valence-corrected chi connectivity index (χ2v) is 6.93. The Bertz CT molecular complexity index is 326. The van der Waals surface area contributed by atoms with Gasteiger partial charge in [0.1, 0.15) is 0 Å². The molecule has 0 aromatic rings. The standard InChI is InChI=1S/C16H31NO3/c1-6-8-16(14(18)19)9-7-10-17(12-16)13(2)11-15(3,4)20-5/h13H,6-12H2,1-5H3,(H,18,19). The van der Waals surface area contributed by atoms with E-state index in [0.29, 0.717) is 12.6 Å². The Labute approximate surface area is 123 Å². The third-order valence-corrected chi connectivity index (χ3v) is 4.75. The van der Waals surface area contributed by atoms with Crippen LogP contribution < -0.4 is 0 Å². The lowest BCUT2D eigenvalue weighted by atomic mass is 9.75. The Morgan fingerprint density at radius 3 is 2.65 bits per heavy atom. The maximum Gasteiger partial charge on any atom is 0.310 e. The lowest BCUT2D eigenvalue weighted by Gasteiger charge is -2.44. The molecule has 1 N–H and O–H groups in total. The zero-order chi connectivity index (χ0) is 15.4. The van der Waals surface area contributed by atoms with Gasteiger partial charge in [-0.2, -0.15) is 0 Å². The summed E-state index contributed by atoms with van der Waals surface area (Å²) in [6.45, 7) is 10.1. The summed E-state index contributed by atoms with van der Waals surface area (Å²) >= 11 is 0. The number of piperidine rings is 1. The second kappa shape index (κ2) is 6.90. The number of likely N-dealkylation sites (tertiary alicyclic amines) is 1. The summed E-state index contributed by atoms with van der Waals surface area (Å²) in [7, 11) is 1.74. The summed E-state index contributed by atoms with van der Waals surface area (Å²) in [6, 6.07) is 0.348. The Balaban J connectivity index is 2.74. The topological polar surface area (TPSA) is 49.8 Å². The molecule has 2 atom stereocenters. The molecular weight excluding hydrogens is 254 g/mol. The van der Waals surface area contributed by atoms with Gasteiger partial charge in [-0.3, -0.25) is 9.69 Å². The molecule has 0 spiro atoms. The molecule has 1 heterocycles. The summed E-state index contributed by atoms with van der Waals surface area (Å²) in [4.78, 5) is 14.1. The minimum absolute atomic E-state index is 0.159. The summed E-state index contributed by atoms with van der Waals surface area (Å²) in [5, 5.41) is 9.65. The van der Waals surface area contributed by atoms with Gasteiger partial charge in [0.05, 0.1) is 11.0 Å². The van der Waals surface area contributed by atoms with Crippen molar-refractivity contribution in [3.8, 4) is 0 Å². The lowest BCUT2D eigenvalue weighted by Crippen LogP contribution is -2.51. The molecule has 0 saturated carbocycles. The van der Waals surface area contributed by atoms with Crippen molar-refractivity contribution in [3.63, 3.8) is 0 Å². The van der Waals surface area contributed by atoms with E-state index >= 15 is 0 Å². The fourth-order valence-corrected chi connectivity index (χ4v) is 3.43. The highest BCUT2D eigenvalue weighted by Crippen LogP contribution is 2.36. The highest BCUT2D eigenvalue weighted by molar-refractivity contribution is 5.75. The van der Waals surface area contributed by atoms with Crippen molar-refractivity contribution < 1.29 is 14.6 Å². The normalized spacial score (nSPS) is 26.4. The molecule has 1 aliphatic heterocycles. The number of aliphatic carboxylic acids is 1. The number of carbonyl (C=O) groups is 1. The van der Waals surface area contributed by atoms with Crippen molar-refractivity contribution in [2.45, 2.75) is 71.4 Å². The van der Waals surface area contributed by atoms with Crippen LogP contribution in [0.25, 0.3) is 0 Å². The van der Waals surface area contributed by atoms with Crippen LogP contribution in [0, 0.1) is 5.41 Å². The van der Waals surface area contributed by atoms with Crippen LogP contribution in [-0.4, -0.2) is 47.8 Å². The van der Waals surface area contributed by atoms with Gasteiger partial charge in [-0.15, -0.1) is 0 Å². The zero-order valence-corrected chi connectivity index (χ0v) is 13.7. The first-order valence-electron chi connectivity index (χ1n) is 7.79. The van der Waals surface area contributed by atoms with Gasteiger partial charge in [0.15, 0.2) is 0 Å². The van der Waals surface area contributed by atoms with Crippen LogP contribution in [0.1, 0.15) is 59.8 Å². The molecule has 0 bridgehead atoms. The van der Waals surface area contributed by atoms with Gasteiger partial charge < -0.3 is 9.84 Å². The van der Waals surface area contributed by atoms with Crippen molar-refractivity contribution in [1.82, 2.24) is 4.90 Å². The minimum atomic E-state index is -0.623. The Morgan fingerprint density at radius 1 is 1.50 bits per heavy atom. The SMILES string of the molecule is CCCC1(C(=O)O)CCCN(C(C)CC(C)(C)OC)C1. The van der Waals surface area contributed by atoms with E-state index in [0.717, 1.165) is 38.6 Å². The molecule has 0 amide bonds. The number of nitrogens with zero attached hydrogens (tertiary/aromatic N) is 1. The van der Waals surface area contributed by atoms with Crippen LogP contribution in [0.3, 0.4) is 0 Å². The fraction of sp³-hybridized carbons (Fsp3) is 0.938. The van der Waals surface area contributed by atoms with Crippen molar-refractivity contribution in [1.29, 1.82) is 0 Å². The summed E-state index contributed by atoms with van der Waals surface area (Å²) in [6.07, 6.45) is 4.42. The first kappa shape index (κ1) is 17.4. The van der Waals surface area contributed by atoms with E-state index in [-0.39, 0.29) is 5.60 Å². The lowest BCUT2D eigenvalue weighted by molar-refractivity contribution is -0.154. The van der Waals surface area contributed by atoms with Crippen LogP contribution >= 0.6 is 0 Å². The molecule has 1 rings (SSSR count). The average molecular weight is 285 g/mol. The quantitative estimate of drug-likeness (QED) is 0.780. The van der Waals surface area contributed by atoms with Crippen molar-refractivity contribution >= 4 is 5.97 Å². The summed E-state index contributed by atoms with van der Waals surface area (Å²) < 4.78 is 5.50. The third-order valence-electron chi connectivity index (χ3n) is 4.75. The average Bonchev–Trinajstić information content (AvgIpc) is 2.38. The summed E-state index contributed by atoms with van der Waals surface area (Å²) in [5.41, 5.74) is -0.702. The predicted octanol–water partition coefficient (Wildman–Crippen LogP) is 3.16. The van der Waals surface area contributed by atoms with Gasteiger partial charge in [0.25, 0.3) is 0 Å². The number of carboxylic acids is 1. The third kappa shape index (κ3) is 4.19. The van der Waals surface area contributed by atoms with Gasteiger partial charge in [-0.25, -0.2) is 0 Å². The van der Waals surface area contributed by atoms with E-state index < -0.39 is 11.4 Å². The van der Waals surface area contributed by atoms with Crippen molar-refractivity contribution in [3.05, 3.63) is 0 Å². The number of rotatable bonds is 7. The van der Waals surface area contributed by atoms with Gasteiger partial charge in [0.2, 0.25) is 0 Å². The number of hydrogen-bond acceptors (Lipinski definition) is 3. The van der Waals surface area contributed by atoms with E-state index in [2.05, 4.69) is 32.6 Å². The van der Waals surface area contributed by atoms with Crippen molar-refractivity contribution in [2.24, 2.45) is 5.41 Å². The summed E-state index contributed by atoms with van der Waals surface area (Å²) in [5.74, 6) is -0.623. The molecule has 0 aromatic carbocycles. The number of ether oxygens (including phenoxy) is 1. The molecule has 118 valence electrons. The number of hydrogen-bond donors (Lipinski definition) is 1. The van der Waals surface area contributed by atoms with Gasteiger partial charge >= 0.3 is 5.97 Å². The molecule has 1 aliphatic rings. The van der Waals surface area contributed by atoms with Crippen LogP contribution in [0.2, 0.25) is 0 Å². The maximum absolute atomic E-state index is 11.7. The maximum atomic E-state index is 11.7. The first-order chi connectivity index (χ1) is 9.26. The molecule has 4 heteroatoms. The minimum Gasteiger partial charge on any atom is -0.481 e. The highest BCUT2D eigenvalue weighted by atomic mass is 16.5. The van der Waals surface area contributed by atoms with Crippen LogP contribution in [0.5, 0.6) is 0 Å². The molecule has 0 aliphatic carbocycles. The Hall–Kier alpha value is -0.610. The predicted molar refractivity (Wildman–Crippen MR) is 81.0 cm³/mol. The largest absolute Gasteiger partial charge is 0.481 e. The van der Waals surface area contributed by atoms with E-state index in [1.165, 1.54) is 0 Å².